The van der Waals surface area contributed by atoms with Crippen molar-refractivity contribution < 1.29 is 39.0 Å². The number of hydrogen-bond donors (Lipinski definition) is 4. The summed E-state index contributed by atoms with van der Waals surface area (Å²) in [6, 6.07) is 8.62. The molecule has 8 saturated carbocycles. The van der Waals surface area contributed by atoms with E-state index in [1.54, 1.807) is 0 Å². The van der Waals surface area contributed by atoms with Gasteiger partial charge in [0.1, 0.15) is 24.9 Å². The molecule has 1 saturated heterocycles. The Morgan fingerprint density at radius 3 is 2.08 bits per heavy atom. The van der Waals surface area contributed by atoms with Crippen molar-refractivity contribution in [2.45, 2.75) is 205 Å². The van der Waals surface area contributed by atoms with E-state index in [-0.39, 0.29) is 69.4 Å². The van der Waals surface area contributed by atoms with E-state index in [1.165, 1.54) is 42.4 Å². The third kappa shape index (κ3) is 7.25. The summed E-state index contributed by atoms with van der Waals surface area (Å²) < 4.78 is 34.7. The van der Waals surface area contributed by atoms with Crippen LogP contribution in [0.2, 0.25) is 0 Å². The van der Waals surface area contributed by atoms with Crippen LogP contribution < -0.4 is 19.5 Å². The van der Waals surface area contributed by atoms with Gasteiger partial charge in [0, 0.05) is 74.2 Å². The Bertz CT molecular complexity index is 2400. The summed E-state index contributed by atoms with van der Waals surface area (Å²) in [4.78, 5) is 2.81. The van der Waals surface area contributed by atoms with Gasteiger partial charge in [-0.3, -0.25) is 0 Å². The fourth-order valence-electron chi connectivity index (χ4n) is 18.1. The molecule has 0 radical (unpaired) electrons. The molecule has 6 bridgehead atoms. The van der Waals surface area contributed by atoms with E-state index in [0.29, 0.717) is 11.7 Å². The van der Waals surface area contributed by atoms with Crippen LogP contribution in [0.4, 0.5) is 0 Å². The summed E-state index contributed by atoms with van der Waals surface area (Å²) in [7, 11) is 3.73. The number of aliphatic hydroxyl groups is 2. The molecule has 12 atom stereocenters. The number of aromatic hydroxyl groups is 1. The number of methoxy groups -OCH3 is 2. The average molecular weight is 995 g/mol. The maximum absolute atomic E-state index is 12.8. The van der Waals surface area contributed by atoms with Crippen molar-refractivity contribution in [3.63, 3.8) is 0 Å². The fraction of sp³-hybridized carbons (Fsp3) is 0.806. The minimum Gasteiger partial charge on any atom is -0.504 e. The molecule has 0 aromatic heterocycles. The van der Waals surface area contributed by atoms with Crippen molar-refractivity contribution >= 4 is 0 Å². The first-order chi connectivity index (χ1) is 34.0. The van der Waals surface area contributed by atoms with Crippen molar-refractivity contribution in [1.82, 2.24) is 10.2 Å². The van der Waals surface area contributed by atoms with Crippen LogP contribution >= 0.6 is 0 Å². The van der Waals surface area contributed by atoms with E-state index in [4.69, 9.17) is 23.7 Å². The van der Waals surface area contributed by atoms with Gasteiger partial charge in [0.2, 0.25) is 0 Å². The number of benzene rings is 2. The van der Waals surface area contributed by atoms with Gasteiger partial charge in [-0.2, -0.15) is 0 Å². The number of phenols is 1. The second-order valence-corrected chi connectivity index (χ2v) is 28.3. The molecule has 4 N–H and O–H groups in total. The van der Waals surface area contributed by atoms with Crippen molar-refractivity contribution in [1.29, 1.82) is 0 Å². The van der Waals surface area contributed by atoms with Gasteiger partial charge in [0.15, 0.2) is 23.0 Å². The molecule has 72 heavy (non-hydrogen) atoms. The van der Waals surface area contributed by atoms with Crippen LogP contribution in [0.25, 0.3) is 0 Å². The second kappa shape index (κ2) is 17.2. The standard InChI is InChI=1S/C62H94N2O8/c1-13-42-19-22-45(51-49(42)61(14-2)52(72-51)62(69-12)26-24-57(61,37-63-33-39-15-16-39)32-47(62)56(10,67)54(6,7)8)71-28-27-70-44-21-20-43-29-41-30-59(48(43)50(44)65)36-60(68-11)25-23-58(59,38-64(35-41)34-40-17-18-40)31-46(60)55(9,66)53(3,4)5/h19-22,39-41,46-47,52,63,65-67H,13-18,23-38H2,1-12H3/t41?,46-,47-,52?,55+,56+,57-,58-,59-,60-,61+,62+/m1/s1. The highest BCUT2D eigenvalue weighted by molar-refractivity contribution is 5.62. The van der Waals surface area contributed by atoms with E-state index in [0.717, 1.165) is 132 Å². The van der Waals surface area contributed by atoms with Crippen LogP contribution in [-0.4, -0.2) is 109 Å². The summed E-state index contributed by atoms with van der Waals surface area (Å²) in [6.45, 7) is 27.4. The lowest BCUT2D eigenvalue weighted by molar-refractivity contribution is -0.291. The Morgan fingerprint density at radius 1 is 0.764 bits per heavy atom. The summed E-state index contributed by atoms with van der Waals surface area (Å²) in [5, 5.41) is 42.2. The molecule has 2 heterocycles. The number of ether oxygens (including phenoxy) is 5. The molecule has 2 unspecified atom stereocenters. The normalized spacial score (nSPS) is 38.4. The third-order valence-corrected chi connectivity index (χ3v) is 23.2. The van der Waals surface area contributed by atoms with Crippen LogP contribution in [0.5, 0.6) is 23.0 Å². The SMILES string of the molecule is CCc1ccc(OCCOc2ccc3c(c2O)[C@]24CC(C3)CN(CC3CC3)C[C@]23CC[C@@](OC)(C4)[C@@H]([C@](C)(O)C(C)(C)C)C3)c2c1[C@@]1(CC)C(O2)[C@]2(OC)CC[C@]1(CNCC1CC1)C[C@@H]2[C@](C)(O)C(C)(C)C. The molecule has 2 aromatic carbocycles. The summed E-state index contributed by atoms with van der Waals surface area (Å²) in [5.41, 5.74) is 0.0792. The van der Waals surface area contributed by atoms with E-state index >= 15 is 0 Å². The maximum Gasteiger partial charge on any atom is 0.165 e. The van der Waals surface area contributed by atoms with Crippen LogP contribution in [0, 0.1) is 51.2 Å². The van der Waals surface area contributed by atoms with Crippen LogP contribution in [0.3, 0.4) is 0 Å². The van der Waals surface area contributed by atoms with Gasteiger partial charge in [0.05, 0.1) is 16.8 Å². The van der Waals surface area contributed by atoms with Gasteiger partial charge in [-0.15, -0.1) is 0 Å². The Hall–Kier alpha value is -2.60. The van der Waals surface area contributed by atoms with Gasteiger partial charge in [-0.05, 0) is 179 Å². The zero-order valence-corrected chi connectivity index (χ0v) is 46.7. The van der Waals surface area contributed by atoms with Gasteiger partial charge in [-0.25, -0.2) is 0 Å². The van der Waals surface area contributed by atoms with Crippen LogP contribution in [0.15, 0.2) is 24.3 Å². The lowest BCUT2D eigenvalue weighted by atomic mass is 9.36. The van der Waals surface area contributed by atoms with E-state index < -0.39 is 22.4 Å². The monoisotopic (exact) mass is 995 g/mol. The molecule has 10 heteroatoms. The Labute approximate surface area is 433 Å². The number of rotatable bonds is 17. The molecule has 9 fully saturated rings. The Kier molecular flexibility index (Phi) is 12.3. The number of nitrogens with zero attached hydrogens (tertiary/aromatic N) is 1. The maximum atomic E-state index is 12.8. The third-order valence-electron chi connectivity index (χ3n) is 23.2. The molecule has 13 rings (SSSR count). The average Bonchev–Trinajstić information content (AvgIpc) is 4.29. The van der Waals surface area contributed by atoms with E-state index in [1.807, 2.05) is 27.2 Å². The number of fused-ring (bicyclic) bond motifs is 7. The molecular formula is C62H94N2O8. The first kappa shape index (κ1) is 51.5. The highest BCUT2D eigenvalue weighted by Crippen LogP contribution is 2.76. The van der Waals surface area contributed by atoms with Crippen LogP contribution in [-0.2, 0) is 33.1 Å². The largest absolute Gasteiger partial charge is 0.504 e. The molecule has 10 nitrogen and oxygen atoms in total. The topological polar surface area (TPSA) is 122 Å². The van der Waals surface area contributed by atoms with Crippen molar-refractivity contribution in [3.8, 4) is 23.0 Å². The first-order valence-corrected chi connectivity index (χ1v) is 28.9. The van der Waals surface area contributed by atoms with Gasteiger partial charge < -0.3 is 49.2 Å². The lowest BCUT2D eigenvalue weighted by Crippen LogP contribution is -2.78. The number of hydrogen-bond acceptors (Lipinski definition) is 10. The molecule has 2 aliphatic heterocycles. The summed E-state index contributed by atoms with van der Waals surface area (Å²) in [5.74, 6) is 4.22. The Balaban J connectivity index is 0.906. The highest BCUT2D eigenvalue weighted by atomic mass is 16.6. The second-order valence-electron chi connectivity index (χ2n) is 28.3. The fourth-order valence-corrected chi connectivity index (χ4v) is 18.1. The summed E-state index contributed by atoms with van der Waals surface area (Å²) in [6.07, 6.45) is 15.0. The summed E-state index contributed by atoms with van der Waals surface area (Å²) >= 11 is 0. The lowest BCUT2D eigenvalue weighted by Gasteiger charge is -2.70. The van der Waals surface area contributed by atoms with Crippen molar-refractivity contribution in [2.24, 2.45) is 51.2 Å². The number of aryl methyl sites for hydroxylation is 1. The number of nitrogens with one attached hydrogen (secondary N) is 1. The van der Waals surface area contributed by atoms with Gasteiger partial charge >= 0.3 is 0 Å². The zero-order chi connectivity index (χ0) is 51.3. The van der Waals surface area contributed by atoms with Gasteiger partial charge in [-0.1, -0.05) is 67.5 Å². The highest BCUT2D eigenvalue weighted by Gasteiger charge is 2.79. The zero-order valence-electron chi connectivity index (χ0n) is 46.7. The van der Waals surface area contributed by atoms with Crippen LogP contribution in [0.1, 0.15) is 175 Å². The Morgan fingerprint density at radius 2 is 1.44 bits per heavy atom. The molecule has 9 aliphatic carbocycles. The van der Waals surface area contributed by atoms with E-state index in [9.17, 15) is 15.3 Å². The van der Waals surface area contributed by atoms with E-state index in [2.05, 4.69) is 90.7 Å². The number of phenolic OH excluding ortho intramolecular Hbond substituents is 1. The van der Waals surface area contributed by atoms with Crippen molar-refractivity contribution in [2.75, 3.05) is 60.2 Å². The minimum absolute atomic E-state index is 0.0321. The quantitative estimate of drug-likeness (QED) is 0.114. The number of likely N-dealkylation sites (tertiary alicyclic amines) is 1. The molecule has 2 aromatic rings. The predicted molar refractivity (Wildman–Crippen MR) is 283 cm³/mol. The smallest absolute Gasteiger partial charge is 0.165 e. The molecule has 2 spiro atoms. The van der Waals surface area contributed by atoms with Crippen molar-refractivity contribution in [3.05, 3.63) is 46.5 Å². The first-order valence-electron chi connectivity index (χ1n) is 28.9. The molecule has 0 amide bonds. The molecule has 400 valence electrons. The van der Waals surface area contributed by atoms with Gasteiger partial charge in [0.25, 0.3) is 0 Å². The predicted octanol–water partition coefficient (Wildman–Crippen LogP) is 10.7. The molecular weight excluding hydrogens is 901 g/mol. The molecule has 11 aliphatic rings. The minimum atomic E-state index is -1.01.